The van der Waals surface area contributed by atoms with E-state index in [-0.39, 0.29) is 34.4 Å². The number of benzene rings is 1. The highest BCUT2D eigenvalue weighted by molar-refractivity contribution is 6.30. The van der Waals surface area contributed by atoms with Crippen LogP contribution in [0, 0.1) is 23.2 Å². The molecular formula is C41H44ClFN12O3. The van der Waals surface area contributed by atoms with Crippen molar-refractivity contribution in [1.82, 2.24) is 35.5 Å². The minimum atomic E-state index is -0.854. The van der Waals surface area contributed by atoms with E-state index in [1.54, 1.807) is 18.2 Å². The van der Waals surface area contributed by atoms with Crippen LogP contribution in [0.15, 0.2) is 54.9 Å². The Labute approximate surface area is 340 Å². The zero-order valence-corrected chi connectivity index (χ0v) is 32.6. The lowest BCUT2D eigenvalue weighted by Crippen LogP contribution is -2.48. The fourth-order valence-corrected chi connectivity index (χ4v) is 8.44. The normalized spacial score (nSPS) is 21.1. The van der Waals surface area contributed by atoms with Gasteiger partial charge >= 0.3 is 0 Å². The molecule has 4 aromatic rings. The largest absolute Gasteiger partial charge is 0.374 e. The summed E-state index contributed by atoms with van der Waals surface area (Å²) in [6.45, 7) is 5.87. The summed E-state index contributed by atoms with van der Waals surface area (Å²) in [5, 5.41) is 21.1. The molecular weight excluding hydrogens is 763 g/mol. The van der Waals surface area contributed by atoms with Crippen LogP contribution < -0.4 is 31.1 Å². The topological polar surface area (TPSA) is 184 Å². The maximum absolute atomic E-state index is 15.3. The van der Waals surface area contributed by atoms with Gasteiger partial charge in [0.2, 0.25) is 17.8 Å². The average molecular weight is 807 g/mol. The van der Waals surface area contributed by atoms with Crippen LogP contribution in [0.3, 0.4) is 0 Å². The van der Waals surface area contributed by atoms with Crippen LogP contribution in [0.25, 0.3) is 0 Å². The van der Waals surface area contributed by atoms with E-state index in [0.29, 0.717) is 55.5 Å². The number of nitrogens with zero attached hydrogens (tertiary/aromatic N) is 8. The first kappa shape index (κ1) is 38.9. The Hall–Kier alpha value is -5.92. The predicted octanol–water partition coefficient (Wildman–Crippen LogP) is 4.56. The number of nitriles is 1. The van der Waals surface area contributed by atoms with Crippen molar-refractivity contribution in [3.63, 3.8) is 0 Å². The van der Waals surface area contributed by atoms with Crippen LogP contribution in [-0.2, 0) is 22.6 Å². The van der Waals surface area contributed by atoms with Gasteiger partial charge in [-0.2, -0.15) is 9.65 Å². The van der Waals surface area contributed by atoms with Gasteiger partial charge in [0.25, 0.3) is 5.91 Å². The van der Waals surface area contributed by atoms with Crippen molar-refractivity contribution in [2.45, 2.75) is 63.6 Å². The van der Waals surface area contributed by atoms with Crippen LogP contribution in [0.4, 0.5) is 33.2 Å². The van der Waals surface area contributed by atoms with Gasteiger partial charge in [0.05, 0.1) is 23.4 Å². The van der Waals surface area contributed by atoms with Gasteiger partial charge in [0, 0.05) is 68.7 Å². The molecule has 6 heterocycles. The summed E-state index contributed by atoms with van der Waals surface area (Å²) in [6.07, 6.45) is 6.53. The molecule has 0 radical (unpaired) electrons. The zero-order valence-electron chi connectivity index (χ0n) is 31.9. The number of halogens is 2. The van der Waals surface area contributed by atoms with Gasteiger partial charge in [-0.15, -0.1) is 0 Å². The highest BCUT2D eigenvalue weighted by Gasteiger charge is 2.29. The summed E-state index contributed by atoms with van der Waals surface area (Å²) in [4.78, 5) is 60.9. The molecule has 1 saturated carbocycles. The van der Waals surface area contributed by atoms with Crippen molar-refractivity contribution in [3.05, 3.63) is 88.3 Å². The Morgan fingerprint density at radius 3 is 2.43 bits per heavy atom. The van der Waals surface area contributed by atoms with Gasteiger partial charge < -0.3 is 25.8 Å². The second kappa shape index (κ2) is 17.3. The fourth-order valence-electron chi connectivity index (χ4n) is 8.24. The van der Waals surface area contributed by atoms with E-state index < -0.39 is 17.9 Å². The number of nitrogens with one attached hydrogen (secondary N) is 4. The van der Waals surface area contributed by atoms with Crippen LogP contribution in [0.5, 0.6) is 0 Å². The summed E-state index contributed by atoms with van der Waals surface area (Å²) in [5.74, 6) is 0.119. The molecule has 17 heteroatoms. The number of amides is 3. The number of imide groups is 1. The molecule has 4 aliphatic rings. The van der Waals surface area contributed by atoms with Gasteiger partial charge in [-0.25, -0.2) is 19.9 Å². The molecule has 3 amide bonds. The first-order chi connectivity index (χ1) is 28.2. The van der Waals surface area contributed by atoms with Crippen LogP contribution in [0.1, 0.15) is 65.7 Å². The average Bonchev–Trinajstić information content (AvgIpc) is 3.23. The molecule has 2 saturated heterocycles. The van der Waals surface area contributed by atoms with Gasteiger partial charge in [-0.3, -0.25) is 24.6 Å². The number of carbonyl (C=O) groups excluding carboxylic acids is 3. The lowest BCUT2D eigenvalue weighted by molar-refractivity contribution is -0.133. The smallest absolute Gasteiger partial charge is 0.256 e. The molecule has 0 bridgehead atoms. The number of hydrogen-bond acceptors (Lipinski definition) is 13. The summed E-state index contributed by atoms with van der Waals surface area (Å²) >= 11 is 6.16. The highest BCUT2D eigenvalue weighted by Crippen LogP contribution is 2.30. The Kier molecular flexibility index (Phi) is 11.6. The van der Waals surface area contributed by atoms with Crippen molar-refractivity contribution in [3.8, 4) is 6.07 Å². The molecule has 8 rings (SSSR count). The Morgan fingerprint density at radius 1 is 0.914 bits per heavy atom. The first-order valence-corrected chi connectivity index (χ1v) is 20.1. The monoisotopic (exact) mass is 806 g/mol. The molecule has 1 atom stereocenters. The van der Waals surface area contributed by atoms with E-state index in [9.17, 15) is 14.4 Å². The third kappa shape index (κ3) is 8.95. The Morgan fingerprint density at radius 2 is 1.71 bits per heavy atom. The third-order valence-corrected chi connectivity index (χ3v) is 11.8. The number of hydrogen-bond donors (Lipinski definition) is 4. The SMILES string of the molecule is N#Cc1ccc(N2CCc3c(ncnc3Nc3ccc(C(=O)NC4CCC(CN5CCN(c6ccc(NC7CCC(=O)NC7=O)cc6)CC5)CC4)c(F)n3)C2)nc1Cl. The molecule has 1 unspecified atom stereocenters. The summed E-state index contributed by atoms with van der Waals surface area (Å²) in [5.41, 5.74) is 3.87. The fraction of sp³-hybridized carbons (Fsp3) is 0.415. The molecule has 3 aliphatic heterocycles. The third-order valence-electron chi connectivity index (χ3n) is 11.5. The van der Waals surface area contributed by atoms with Gasteiger partial charge in [0.1, 0.15) is 41.0 Å². The number of aromatic nitrogens is 4. The maximum atomic E-state index is 15.3. The molecule has 58 heavy (non-hydrogen) atoms. The molecule has 3 fully saturated rings. The number of piperidine rings is 1. The van der Waals surface area contributed by atoms with Crippen molar-refractivity contribution < 1.29 is 18.8 Å². The van der Waals surface area contributed by atoms with E-state index in [4.69, 9.17) is 16.9 Å². The van der Waals surface area contributed by atoms with E-state index >= 15 is 4.39 Å². The summed E-state index contributed by atoms with van der Waals surface area (Å²) < 4.78 is 15.3. The van der Waals surface area contributed by atoms with E-state index in [1.165, 1.54) is 12.4 Å². The maximum Gasteiger partial charge on any atom is 0.256 e. The minimum absolute atomic E-state index is 0.0205. The molecule has 0 spiro atoms. The molecule has 300 valence electrons. The number of anilines is 5. The van der Waals surface area contributed by atoms with Crippen LogP contribution in [-0.4, -0.2) is 93.9 Å². The minimum Gasteiger partial charge on any atom is -0.374 e. The van der Waals surface area contributed by atoms with Gasteiger partial charge in [-0.1, -0.05) is 11.6 Å². The lowest BCUT2D eigenvalue weighted by Gasteiger charge is -2.39. The number of piperazine rings is 1. The van der Waals surface area contributed by atoms with Crippen molar-refractivity contribution >= 4 is 58.2 Å². The number of fused-ring (bicyclic) bond motifs is 1. The van der Waals surface area contributed by atoms with E-state index in [0.717, 1.165) is 81.0 Å². The second-order valence-electron chi connectivity index (χ2n) is 15.3. The van der Waals surface area contributed by atoms with Crippen molar-refractivity contribution in [1.29, 1.82) is 5.26 Å². The summed E-state index contributed by atoms with van der Waals surface area (Å²) in [6, 6.07) is 16.1. The quantitative estimate of drug-likeness (QED) is 0.129. The number of pyridine rings is 2. The predicted molar refractivity (Wildman–Crippen MR) is 216 cm³/mol. The molecule has 4 N–H and O–H groups in total. The Balaban J connectivity index is 0.770. The molecule has 3 aromatic heterocycles. The van der Waals surface area contributed by atoms with Crippen molar-refractivity contribution in [2.75, 3.05) is 59.7 Å². The standard InChI is InChI=1S/C41H44ClFN12O3/c42-37-26(21-44)3-13-35(51-37)55-16-15-30-33(23-55)45-24-46-39(30)50-34-12-10-31(38(43)49-34)40(57)48-28-4-1-25(2-5-28)22-53-17-19-54(20-18-53)29-8-6-27(7-9-29)47-32-11-14-36(56)52-41(32)58/h3,6-10,12-13,24-25,28,32,47H,1-2,4-5,11,14-20,22-23H2,(H,48,57)(H,52,56,58)(H,45,46,49,50). The Bertz CT molecular complexity index is 2220. The van der Waals surface area contributed by atoms with Crippen LogP contribution >= 0.6 is 11.6 Å². The second-order valence-corrected chi connectivity index (χ2v) is 15.6. The van der Waals surface area contributed by atoms with Gasteiger partial charge in [-0.05, 0) is 93.0 Å². The highest BCUT2D eigenvalue weighted by atomic mass is 35.5. The van der Waals surface area contributed by atoms with E-state index in [1.807, 2.05) is 23.1 Å². The van der Waals surface area contributed by atoms with Crippen LogP contribution in [0.2, 0.25) is 5.15 Å². The molecule has 15 nitrogen and oxygen atoms in total. The summed E-state index contributed by atoms with van der Waals surface area (Å²) in [7, 11) is 0. The van der Waals surface area contributed by atoms with Crippen molar-refractivity contribution in [2.24, 2.45) is 5.92 Å². The van der Waals surface area contributed by atoms with E-state index in [2.05, 4.69) is 63.1 Å². The first-order valence-electron chi connectivity index (χ1n) is 19.8. The molecule has 1 aromatic carbocycles. The van der Waals surface area contributed by atoms with Gasteiger partial charge in [0.15, 0.2) is 0 Å². The number of carbonyl (C=O) groups is 3. The number of rotatable bonds is 10. The molecule has 1 aliphatic carbocycles. The lowest BCUT2D eigenvalue weighted by atomic mass is 9.85. The zero-order chi connectivity index (χ0) is 40.2.